The Hall–Kier alpha value is -1.80. The molecule has 5 heterocycles. The molecule has 1 saturated heterocycles. The third kappa shape index (κ3) is 2.34. The van der Waals surface area contributed by atoms with E-state index in [9.17, 15) is 0 Å². The number of nitrogens with zero attached hydrogens (tertiary/aromatic N) is 7. The number of thiophene rings is 1. The molecule has 0 spiro atoms. The fraction of sp³-hybridized carbons (Fsp3) is 0.647. The molecule has 25 heavy (non-hydrogen) atoms. The van der Waals surface area contributed by atoms with Gasteiger partial charge in [0.2, 0.25) is 0 Å². The maximum atomic E-state index is 4.90. The molecule has 2 aliphatic rings. The molecule has 7 nitrogen and oxygen atoms in total. The Bertz CT molecular complexity index is 930. The van der Waals surface area contributed by atoms with Crippen LogP contribution >= 0.6 is 11.3 Å². The molecule has 0 N–H and O–H groups in total. The SMILES string of the molecule is CCN1CCc2c(sc3c2c(N2CCCCC2C)nc2nnnn23)C1. The number of fused-ring (bicyclic) bond motifs is 5. The second kappa shape index (κ2) is 5.88. The fourth-order valence-electron chi connectivity index (χ4n) is 4.25. The Morgan fingerprint density at radius 2 is 2.16 bits per heavy atom. The second-order valence-electron chi connectivity index (χ2n) is 7.17. The average molecular weight is 357 g/mol. The van der Waals surface area contributed by atoms with Crippen LogP contribution in [0.15, 0.2) is 0 Å². The number of hydrogen-bond donors (Lipinski definition) is 0. The molecule has 132 valence electrons. The van der Waals surface area contributed by atoms with Gasteiger partial charge >= 0.3 is 0 Å². The van der Waals surface area contributed by atoms with Crippen molar-refractivity contribution in [3.05, 3.63) is 10.4 Å². The van der Waals surface area contributed by atoms with Crippen molar-refractivity contribution in [2.75, 3.05) is 24.5 Å². The first-order valence-corrected chi connectivity index (χ1v) is 10.1. The van der Waals surface area contributed by atoms with E-state index >= 15 is 0 Å². The largest absolute Gasteiger partial charge is 0.353 e. The summed E-state index contributed by atoms with van der Waals surface area (Å²) in [6.45, 7) is 8.88. The Balaban J connectivity index is 1.76. The van der Waals surface area contributed by atoms with E-state index in [-0.39, 0.29) is 0 Å². The summed E-state index contributed by atoms with van der Waals surface area (Å²) in [6.07, 6.45) is 4.87. The van der Waals surface area contributed by atoms with Gasteiger partial charge in [0.25, 0.3) is 5.78 Å². The van der Waals surface area contributed by atoms with E-state index in [1.54, 1.807) is 0 Å². The summed E-state index contributed by atoms with van der Waals surface area (Å²) in [5, 5.41) is 13.5. The zero-order valence-electron chi connectivity index (χ0n) is 14.8. The maximum absolute atomic E-state index is 4.90. The molecule has 3 aromatic heterocycles. The van der Waals surface area contributed by atoms with E-state index < -0.39 is 0 Å². The second-order valence-corrected chi connectivity index (χ2v) is 8.25. The summed E-state index contributed by atoms with van der Waals surface area (Å²) in [5.74, 6) is 1.72. The Morgan fingerprint density at radius 3 is 3.00 bits per heavy atom. The molecule has 1 fully saturated rings. The average Bonchev–Trinajstić information content (AvgIpc) is 3.24. The van der Waals surface area contributed by atoms with Crippen LogP contribution in [0.5, 0.6) is 0 Å². The van der Waals surface area contributed by atoms with Gasteiger partial charge in [0, 0.05) is 30.6 Å². The van der Waals surface area contributed by atoms with Crippen LogP contribution < -0.4 is 4.90 Å². The lowest BCUT2D eigenvalue weighted by Gasteiger charge is -2.35. The maximum Gasteiger partial charge on any atom is 0.276 e. The zero-order chi connectivity index (χ0) is 17.0. The van der Waals surface area contributed by atoms with Gasteiger partial charge < -0.3 is 4.90 Å². The highest BCUT2D eigenvalue weighted by Crippen LogP contribution is 2.40. The molecule has 2 aliphatic heterocycles. The number of anilines is 1. The number of rotatable bonds is 2. The molecular formula is C17H23N7S. The number of aromatic nitrogens is 5. The van der Waals surface area contributed by atoms with Crippen LogP contribution in [-0.4, -0.2) is 55.6 Å². The first-order valence-electron chi connectivity index (χ1n) is 9.27. The molecule has 0 amide bonds. The van der Waals surface area contributed by atoms with Crippen molar-refractivity contribution >= 4 is 33.1 Å². The third-order valence-corrected chi connectivity index (χ3v) is 6.91. The molecule has 0 radical (unpaired) electrons. The van der Waals surface area contributed by atoms with Crippen LogP contribution in [-0.2, 0) is 13.0 Å². The number of tetrazole rings is 1. The van der Waals surface area contributed by atoms with Gasteiger partial charge in [-0.3, -0.25) is 4.90 Å². The monoisotopic (exact) mass is 357 g/mol. The predicted molar refractivity (Wildman–Crippen MR) is 99.3 cm³/mol. The van der Waals surface area contributed by atoms with Gasteiger partial charge in [0.1, 0.15) is 10.6 Å². The predicted octanol–water partition coefficient (Wildman–Crippen LogP) is 2.49. The van der Waals surface area contributed by atoms with E-state index in [1.807, 2.05) is 15.9 Å². The van der Waals surface area contributed by atoms with E-state index in [4.69, 9.17) is 4.98 Å². The fourth-order valence-corrected chi connectivity index (χ4v) is 5.58. The van der Waals surface area contributed by atoms with Crippen molar-refractivity contribution in [3.63, 3.8) is 0 Å². The zero-order valence-corrected chi connectivity index (χ0v) is 15.6. The molecule has 3 aromatic rings. The smallest absolute Gasteiger partial charge is 0.276 e. The highest BCUT2D eigenvalue weighted by atomic mass is 32.1. The topological polar surface area (TPSA) is 62.5 Å². The van der Waals surface area contributed by atoms with Crippen molar-refractivity contribution in [2.24, 2.45) is 0 Å². The summed E-state index contributed by atoms with van der Waals surface area (Å²) < 4.78 is 1.83. The standard InChI is InChI=1S/C17H23N7S/c1-3-22-9-7-12-13(10-22)25-16-14(12)15(18-17-19-20-21-24(16)17)23-8-5-4-6-11(23)2/h11H,3-10H2,1-2H3. The molecular weight excluding hydrogens is 334 g/mol. The lowest BCUT2D eigenvalue weighted by Crippen LogP contribution is -2.38. The van der Waals surface area contributed by atoms with Gasteiger partial charge in [-0.25, -0.2) is 0 Å². The van der Waals surface area contributed by atoms with E-state index in [2.05, 4.69) is 39.2 Å². The Labute approximate surface area is 150 Å². The van der Waals surface area contributed by atoms with Gasteiger partial charge in [-0.1, -0.05) is 12.0 Å². The normalized spacial score (nSPS) is 22.0. The first kappa shape index (κ1) is 15.5. The lowest BCUT2D eigenvalue weighted by atomic mass is 10.0. The van der Waals surface area contributed by atoms with Crippen molar-refractivity contribution in [1.82, 2.24) is 29.9 Å². The van der Waals surface area contributed by atoms with Crippen LogP contribution in [0.25, 0.3) is 16.0 Å². The van der Waals surface area contributed by atoms with E-state index in [0.717, 1.165) is 43.2 Å². The van der Waals surface area contributed by atoms with Gasteiger partial charge in [0.05, 0.1) is 5.39 Å². The summed E-state index contributed by atoms with van der Waals surface area (Å²) in [7, 11) is 0. The van der Waals surface area contributed by atoms with Crippen molar-refractivity contribution in [1.29, 1.82) is 0 Å². The Morgan fingerprint density at radius 1 is 1.24 bits per heavy atom. The van der Waals surface area contributed by atoms with Crippen LogP contribution in [0, 0.1) is 0 Å². The summed E-state index contributed by atoms with van der Waals surface area (Å²) >= 11 is 1.84. The highest BCUT2D eigenvalue weighted by molar-refractivity contribution is 7.19. The minimum Gasteiger partial charge on any atom is -0.353 e. The van der Waals surface area contributed by atoms with Crippen molar-refractivity contribution < 1.29 is 0 Å². The molecule has 5 rings (SSSR count). The first-order chi connectivity index (χ1) is 12.3. The molecule has 0 aliphatic carbocycles. The summed E-state index contributed by atoms with van der Waals surface area (Å²) in [5.41, 5.74) is 1.47. The van der Waals surface area contributed by atoms with Crippen LogP contribution in [0.4, 0.5) is 5.82 Å². The molecule has 8 heteroatoms. The van der Waals surface area contributed by atoms with E-state index in [0.29, 0.717) is 11.8 Å². The molecule has 0 aromatic carbocycles. The Kier molecular flexibility index (Phi) is 3.63. The lowest BCUT2D eigenvalue weighted by molar-refractivity contribution is 0.272. The molecule has 0 bridgehead atoms. The van der Waals surface area contributed by atoms with Crippen LogP contribution in [0.3, 0.4) is 0 Å². The number of likely N-dealkylation sites (N-methyl/N-ethyl adjacent to an activating group) is 1. The van der Waals surface area contributed by atoms with Gasteiger partial charge in [-0.2, -0.15) is 9.50 Å². The van der Waals surface area contributed by atoms with E-state index in [1.165, 1.54) is 35.1 Å². The van der Waals surface area contributed by atoms with Crippen molar-refractivity contribution in [3.8, 4) is 0 Å². The van der Waals surface area contributed by atoms with Crippen LogP contribution in [0.2, 0.25) is 0 Å². The van der Waals surface area contributed by atoms with Gasteiger partial charge in [-0.05, 0) is 55.1 Å². The molecule has 0 saturated carbocycles. The summed E-state index contributed by atoms with van der Waals surface area (Å²) in [4.78, 5) is 12.5. The highest BCUT2D eigenvalue weighted by Gasteiger charge is 2.29. The van der Waals surface area contributed by atoms with Gasteiger partial charge in [0.15, 0.2) is 0 Å². The number of hydrogen-bond acceptors (Lipinski definition) is 7. The quantitative estimate of drug-likeness (QED) is 0.702. The minimum atomic E-state index is 0.522. The van der Waals surface area contributed by atoms with Crippen LogP contribution in [0.1, 0.15) is 43.6 Å². The summed E-state index contributed by atoms with van der Waals surface area (Å²) in [6, 6.07) is 0.522. The third-order valence-electron chi connectivity index (χ3n) is 5.71. The minimum absolute atomic E-state index is 0.522. The van der Waals surface area contributed by atoms with Gasteiger partial charge in [-0.15, -0.1) is 11.3 Å². The number of piperidine rings is 1. The van der Waals surface area contributed by atoms with Crippen molar-refractivity contribution in [2.45, 2.75) is 52.1 Å². The molecule has 1 unspecified atom stereocenters. The molecule has 1 atom stereocenters.